The summed E-state index contributed by atoms with van der Waals surface area (Å²) in [5, 5.41) is 14.5. The van der Waals surface area contributed by atoms with Crippen LogP contribution in [0.15, 0.2) is 35.8 Å². The Morgan fingerprint density at radius 3 is 3.10 bits per heavy atom. The third-order valence-corrected chi connectivity index (χ3v) is 3.21. The number of esters is 1. The minimum atomic E-state index is -0.455. The van der Waals surface area contributed by atoms with Gasteiger partial charge in [0, 0.05) is 18.1 Å². The predicted octanol–water partition coefficient (Wildman–Crippen LogP) is 0.920. The van der Waals surface area contributed by atoms with Gasteiger partial charge in [0.2, 0.25) is 5.95 Å². The van der Waals surface area contributed by atoms with Crippen molar-refractivity contribution in [2.24, 2.45) is 0 Å². The lowest BCUT2D eigenvalue weighted by molar-refractivity contribution is -0.139. The molecule has 8 heteroatoms. The second-order valence-electron chi connectivity index (χ2n) is 4.52. The monoisotopic (exact) mass is 286 g/mol. The number of nitrogens with one attached hydrogen (secondary N) is 1. The number of hydrogen-bond donors (Lipinski definition) is 1. The standard InChI is InChI=1S/C13H14N6O2/c1-3-21-12(20)10-8(2)15-13-16-17-18-19(13)11(10)9-5-4-6-14-7-9/h4-7,11H,3H2,1-2H3,(H,15,16,18)/t11-/m0/s1. The van der Waals surface area contributed by atoms with Gasteiger partial charge in [0.15, 0.2) is 0 Å². The molecule has 8 nitrogen and oxygen atoms in total. The summed E-state index contributed by atoms with van der Waals surface area (Å²) in [7, 11) is 0. The van der Waals surface area contributed by atoms with Crippen LogP contribution < -0.4 is 5.32 Å². The second kappa shape index (κ2) is 5.31. The highest BCUT2D eigenvalue weighted by atomic mass is 16.5. The Morgan fingerprint density at radius 2 is 2.38 bits per heavy atom. The SMILES string of the molecule is CCOC(=O)C1=C(C)Nc2nnnn2[C@H]1c1cccnc1. The molecule has 1 aliphatic rings. The van der Waals surface area contributed by atoms with E-state index in [1.54, 1.807) is 37.0 Å². The zero-order valence-corrected chi connectivity index (χ0v) is 11.6. The van der Waals surface area contributed by atoms with Gasteiger partial charge in [0.1, 0.15) is 6.04 Å². The van der Waals surface area contributed by atoms with E-state index in [4.69, 9.17) is 4.74 Å². The Bertz CT molecular complexity index is 694. The summed E-state index contributed by atoms with van der Waals surface area (Å²) in [5.74, 6) is 0.0897. The minimum Gasteiger partial charge on any atom is -0.463 e. The Kier molecular flexibility index (Phi) is 3.35. The van der Waals surface area contributed by atoms with E-state index < -0.39 is 12.0 Å². The Labute approximate surface area is 120 Å². The number of tetrazole rings is 1. The molecule has 2 aromatic heterocycles. The van der Waals surface area contributed by atoms with Crippen molar-refractivity contribution in [2.75, 3.05) is 11.9 Å². The molecular formula is C13H14N6O2. The van der Waals surface area contributed by atoms with E-state index >= 15 is 0 Å². The topological polar surface area (TPSA) is 94.8 Å². The lowest BCUT2D eigenvalue weighted by Crippen LogP contribution is -2.29. The largest absolute Gasteiger partial charge is 0.463 e. The van der Waals surface area contributed by atoms with Crippen LogP contribution in [0.25, 0.3) is 0 Å². The zero-order chi connectivity index (χ0) is 14.8. The number of nitrogens with zero attached hydrogens (tertiary/aromatic N) is 5. The molecule has 0 aliphatic carbocycles. The maximum absolute atomic E-state index is 12.3. The molecule has 0 bridgehead atoms. The molecule has 21 heavy (non-hydrogen) atoms. The van der Waals surface area contributed by atoms with Gasteiger partial charge in [0.25, 0.3) is 0 Å². The summed E-state index contributed by atoms with van der Waals surface area (Å²) in [6.45, 7) is 3.87. The average Bonchev–Trinajstić information content (AvgIpc) is 2.94. The van der Waals surface area contributed by atoms with Crippen molar-refractivity contribution in [1.82, 2.24) is 25.2 Å². The van der Waals surface area contributed by atoms with E-state index in [0.29, 0.717) is 23.8 Å². The highest BCUT2D eigenvalue weighted by Crippen LogP contribution is 2.34. The number of rotatable bonds is 3. The molecule has 2 aromatic rings. The third kappa shape index (κ3) is 2.24. The number of aromatic nitrogens is 5. The summed E-state index contributed by atoms with van der Waals surface area (Å²) in [6, 6.07) is 3.23. The van der Waals surface area contributed by atoms with E-state index in [1.807, 2.05) is 6.07 Å². The van der Waals surface area contributed by atoms with E-state index in [1.165, 1.54) is 0 Å². The molecule has 1 N–H and O–H groups in total. The van der Waals surface area contributed by atoms with Crippen LogP contribution in [0.5, 0.6) is 0 Å². The normalized spacial score (nSPS) is 17.1. The Morgan fingerprint density at radius 1 is 1.52 bits per heavy atom. The maximum Gasteiger partial charge on any atom is 0.338 e. The highest BCUT2D eigenvalue weighted by molar-refractivity contribution is 5.92. The summed E-state index contributed by atoms with van der Waals surface area (Å²) in [4.78, 5) is 16.4. The van der Waals surface area contributed by atoms with Gasteiger partial charge in [-0.1, -0.05) is 11.2 Å². The van der Waals surface area contributed by atoms with Crippen molar-refractivity contribution >= 4 is 11.9 Å². The lowest BCUT2D eigenvalue weighted by Gasteiger charge is -2.26. The number of carbonyl (C=O) groups is 1. The van der Waals surface area contributed by atoms with Crippen molar-refractivity contribution in [2.45, 2.75) is 19.9 Å². The molecule has 3 rings (SSSR count). The fourth-order valence-corrected chi connectivity index (χ4v) is 2.33. The molecule has 0 saturated carbocycles. The lowest BCUT2D eigenvalue weighted by atomic mass is 9.97. The maximum atomic E-state index is 12.3. The molecule has 108 valence electrons. The first-order chi connectivity index (χ1) is 10.2. The van der Waals surface area contributed by atoms with Crippen LogP contribution in [0.4, 0.5) is 5.95 Å². The Hall–Kier alpha value is -2.77. The van der Waals surface area contributed by atoms with Crippen LogP contribution in [0.1, 0.15) is 25.5 Å². The molecule has 1 atom stereocenters. The fraction of sp³-hybridized carbons (Fsp3) is 0.308. The summed E-state index contributed by atoms with van der Waals surface area (Å²) < 4.78 is 6.71. The molecular weight excluding hydrogens is 272 g/mol. The van der Waals surface area contributed by atoms with E-state index in [9.17, 15) is 4.79 Å². The van der Waals surface area contributed by atoms with E-state index in [2.05, 4.69) is 25.8 Å². The molecule has 3 heterocycles. The van der Waals surface area contributed by atoms with Crippen molar-refractivity contribution in [3.63, 3.8) is 0 Å². The quantitative estimate of drug-likeness (QED) is 0.838. The van der Waals surface area contributed by atoms with Crippen LogP contribution in [0, 0.1) is 0 Å². The minimum absolute atomic E-state index is 0.303. The van der Waals surface area contributed by atoms with Crippen LogP contribution in [-0.2, 0) is 9.53 Å². The molecule has 0 unspecified atom stereocenters. The van der Waals surface area contributed by atoms with E-state index in [-0.39, 0.29) is 0 Å². The number of ether oxygens (including phenoxy) is 1. The van der Waals surface area contributed by atoms with Gasteiger partial charge in [-0.15, -0.1) is 0 Å². The molecule has 1 aliphatic heterocycles. The van der Waals surface area contributed by atoms with Crippen LogP contribution in [0.3, 0.4) is 0 Å². The number of hydrogen-bond acceptors (Lipinski definition) is 7. The molecule has 0 aromatic carbocycles. The van der Waals surface area contributed by atoms with Gasteiger partial charge < -0.3 is 10.1 Å². The molecule has 0 amide bonds. The number of pyridine rings is 1. The number of anilines is 1. The van der Waals surface area contributed by atoms with Gasteiger partial charge in [-0.25, -0.2) is 4.79 Å². The Balaban J connectivity index is 2.13. The van der Waals surface area contributed by atoms with Crippen LogP contribution >= 0.6 is 0 Å². The van der Waals surface area contributed by atoms with Crippen molar-refractivity contribution in [1.29, 1.82) is 0 Å². The van der Waals surface area contributed by atoms with Gasteiger partial charge in [-0.05, 0) is 35.9 Å². The van der Waals surface area contributed by atoms with Crippen LogP contribution in [-0.4, -0.2) is 37.8 Å². The molecule has 0 saturated heterocycles. The number of allylic oxidation sites excluding steroid dienone is 1. The fourth-order valence-electron chi connectivity index (χ4n) is 2.33. The second-order valence-corrected chi connectivity index (χ2v) is 4.52. The molecule has 0 fully saturated rings. The van der Waals surface area contributed by atoms with Crippen molar-refractivity contribution < 1.29 is 9.53 Å². The molecule has 0 radical (unpaired) electrons. The van der Waals surface area contributed by atoms with E-state index in [0.717, 1.165) is 5.56 Å². The number of carbonyl (C=O) groups excluding carboxylic acids is 1. The smallest absolute Gasteiger partial charge is 0.338 e. The summed E-state index contributed by atoms with van der Waals surface area (Å²) in [6.07, 6.45) is 3.36. The van der Waals surface area contributed by atoms with Gasteiger partial charge >= 0.3 is 5.97 Å². The average molecular weight is 286 g/mol. The zero-order valence-electron chi connectivity index (χ0n) is 11.6. The van der Waals surface area contributed by atoms with Crippen LogP contribution in [0.2, 0.25) is 0 Å². The first-order valence-electron chi connectivity index (χ1n) is 6.55. The first-order valence-corrected chi connectivity index (χ1v) is 6.55. The van der Waals surface area contributed by atoms with Gasteiger partial charge in [-0.2, -0.15) is 4.68 Å². The van der Waals surface area contributed by atoms with Gasteiger partial charge in [-0.3, -0.25) is 4.98 Å². The highest BCUT2D eigenvalue weighted by Gasteiger charge is 2.34. The van der Waals surface area contributed by atoms with Gasteiger partial charge in [0.05, 0.1) is 12.2 Å². The van der Waals surface area contributed by atoms with Crippen molar-refractivity contribution in [3.05, 3.63) is 41.4 Å². The molecule has 0 spiro atoms. The summed E-state index contributed by atoms with van der Waals surface area (Å²) >= 11 is 0. The first kappa shape index (κ1) is 13.2. The number of fused-ring (bicyclic) bond motifs is 1. The van der Waals surface area contributed by atoms with Crippen molar-refractivity contribution in [3.8, 4) is 0 Å². The summed E-state index contributed by atoms with van der Waals surface area (Å²) in [5.41, 5.74) is 1.96. The predicted molar refractivity (Wildman–Crippen MR) is 73.1 cm³/mol. The third-order valence-electron chi connectivity index (χ3n) is 3.21.